The monoisotopic (exact) mass is 502 g/mol. The highest BCUT2D eigenvalue weighted by Crippen LogP contribution is 2.18. The van der Waals surface area contributed by atoms with E-state index in [1.54, 1.807) is 31.3 Å². The summed E-state index contributed by atoms with van der Waals surface area (Å²) in [5.74, 6) is -1.71. The van der Waals surface area contributed by atoms with Crippen molar-refractivity contribution in [2.45, 2.75) is 82.7 Å². The average Bonchev–Trinajstić information content (AvgIpc) is 3.36. The smallest absolute Gasteiger partial charge is 0.303 e. The molecule has 2 rings (SSSR count). The van der Waals surface area contributed by atoms with Gasteiger partial charge in [-0.25, -0.2) is 0 Å². The minimum absolute atomic E-state index is 0.0262. The molecule has 0 spiro atoms. The number of hydrogen-bond donors (Lipinski definition) is 5. The lowest BCUT2D eigenvalue weighted by Crippen LogP contribution is -2.36. The van der Waals surface area contributed by atoms with E-state index in [9.17, 15) is 24.0 Å². The fraction of sp³-hybridized carbons (Fsp3) is 0.577. The van der Waals surface area contributed by atoms with Crippen LogP contribution in [0.3, 0.4) is 0 Å². The lowest BCUT2D eigenvalue weighted by atomic mass is 10.0. The second kappa shape index (κ2) is 15.7. The minimum atomic E-state index is -1.04. The van der Waals surface area contributed by atoms with E-state index >= 15 is 0 Å². The summed E-state index contributed by atoms with van der Waals surface area (Å²) in [6, 6.07) is 6.30. The maximum Gasteiger partial charge on any atom is 0.303 e. The van der Waals surface area contributed by atoms with Crippen molar-refractivity contribution in [3.63, 3.8) is 0 Å². The van der Waals surface area contributed by atoms with Gasteiger partial charge in [0.15, 0.2) is 0 Å². The number of nitrogens with one attached hydrogen (secondary N) is 4. The molecule has 10 nitrogen and oxygen atoms in total. The Balaban J connectivity index is 1.62. The molecule has 0 radical (unpaired) electrons. The molecule has 1 aliphatic rings. The number of benzene rings is 1. The first kappa shape index (κ1) is 29.0. The number of rotatable bonds is 16. The van der Waals surface area contributed by atoms with Crippen LogP contribution in [0, 0.1) is 0 Å². The lowest BCUT2D eigenvalue weighted by Gasteiger charge is -2.16. The summed E-state index contributed by atoms with van der Waals surface area (Å²) in [6.07, 6.45) is 6.50. The number of carbonyl (C=O) groups excluding carboxylic acids is 4. The highest BCUT2D eigenvalue weighted by molar-refractivity contribution is 5.96. The zero-order valence-electron chi connectivity index (χ0n) is 20.9. The molecule has 1 fully saturated rings. The van der Waals surface area contributed by atoms with Crippen molar-refractivity contribution in [3.05, 3.63) is 29.8 Å². The Morgan fingerprint density at radius 2 is 1.58 bits per heavy atom. The number of unbranched alkanes of at least 4 members (excludes halogenated alkanes) is 1. The number of hydrogen-bond acceptors (Lipinski definition) is 6. The van der Waals surface area contributed by atoms with E-state index in [1.165, 1.54) is 0 Å². The molecule has 0 aromatic heterocycles. The number of carbonyl (C=O) groups is 5. The van der Waals surface area contributed by atoms with Gasteiger partial charge in [0.05, 0.1) is 12.5 Å². The Morgan fingerprint density at radius 3 is 2.22 bits per heavy atom. The van der Waals surface area contributed by atoms with Crippen LogP contribution >= 0.6 is 0 Å². The van der Waals surface area contributed by atoms with Crippen molar-refractivity contribution < 1.29 is 29.1 Å². The molecule has 198 valence electrons. The molecule has 3 amide bonds. The summed E-state index contributed by atoms with van der Waals surface area (Å²) in [6.45, 7) is 0.459. The molecule has 1 aliphatic carbocycles. The standard InChI is InChI=1S/C26H38N4O6/c1-27-21(22(31)13-14-23(32)29-19-6-2-3-7-19)8-4-5-17-28-26(36)18-9-11-20(12-10-18)30-24(33)15-16-25(34)35/h9-12,19,21,27H,2-8,13-17H2,1H3,(H,28,36)(H,29,32)(H,30,33)(H,34,35). The second-order valence-electron chi connectivity index (χ2n) is 9.13. The third kappa shape index (κ3) is 11.0. The fourth-order valence-corrected chi connectivity index (χ4v) is 4.17. The second-order valence-corrected chi connectivity index (χ2v) is 9.13. The van der Waals surface area contributed by atoms with Crippen molar-refractivity contribution >= 4 is 35.2 Å². The largest absolute Gasteiger partial charge is 0.481 e. The summed E-state index contributed by atoms with van der Waals surface area (Å²) < 4.78 is 0. The number of ketones is 1. The topological polar surface area (TPSA) is 154 Å². The summed E-state index contributed by atoms with van der Waals surface area (Å²) >= 11 is 0. The van der Waals surface area contributed by atoms with Crippen LogP contribution in [0.25, 0.3) is 0 Å². The fourth-order valence-electron chi connectivity index (χ4n) is 4.17. The lowest BCUT2D eigenvalue weighted by molar-refractivity contribution is -0.138. The van der Waals surface area contributed by atoms with Crippen LogP contribution in [0.4, 0.5) is 5.69 Å². The molecule has 5 N–H and O–H groups in total. The molecule has 0 bridgehead atoms. The zero-order chi connectivity index (χ0) is 26.3. The third-order valence-corrected chi connectivity index (χ3v) is 6.26. The molecule has 1 unspecified atom stereocenters. The third-order valence-electron chi connectivity index (χ3n) is 6.26. The van der Waals surface area contributed by atoms with Gasteiger partial charge in [-0.15, -0.1) is 0 Å². The summed E-state index contributed by atoms with van der Waals surface area (Å²) in [4.78, 5) is 59.0. The van der Waals surface area contributed by atoms with Crippen molar-refractivity contribution in [2.75, 3.05) is 18.9 Å². The number of anilines is 1. The number of Topliss-reactive ketones (excluding diaryl/α,β-unsaturated/α-hetero) is 1. The Morgan fingerprint density at radius 1 is 0.917 bits per heavy atom. The first-order valence-electron chi connectivity index (χ1n) is 12.7. The van der Waals surface area contributed by atoms with Gasteiger partial charge in [-0.05, 0) is 63.4 Å². The van der Waals surface area contributed by atoms with Gasteiger partial charge in [-0.3, -0.25) is 24.0 Å². The van der Waals surface area contributed by atoms with Crippen molar-refractivity contribution in [1.82, 2.24) is 16.0 Å². The van der Waals surface area contributed by atoms with Crippen LogP contribution < -0.4 is 21.3 Å². The Hall–Kier alpha value is -3.27. The van der Waals surface area contributed by atoms with Crippen molar-refractivity contribution in [2.24, 2.45) is 0 Å². The Kier molecular flexibility index (Phi) is 12.6. The molecule has 1 aromatic carbocycles. The molecular formula is C26H38N4O6. The molecule has 1 aromatic rings. The minimum Gasteiger partial charge on any atom is -0.481 e. The molecule has 1 saturated carbocycles. The highest BCUT2D eigenvalue weighted by Gasteiger charge is 2.20. The van der Waals surface area contributed by atoms with Crippen molar-refractivity contribution in [1.29, 1.82) is 0 Å². The first-order valence-corrected chi connectivity index (χ1v) is 12.7. The molecule has 0 heterocycles. The average molecular weight is 503 g/mol. The molecule has 10 heteroatoms. The Labute approximate surface area is 212 Å². The number of likely N-dealkylation sites (N-methyl/N-ethyl adjacent to an activating group) is 1. The predicted octanol–water partition coefficient (Wildman–Crippen LogP) is 2.39. The Bertz CT molecular complexity index is 896. The van der Waals surface area contributed by atoms with Gasteiger partial charge in [0.25, 0.3) is 5.91 Å². The van der Waals surface area contributed by atoms with E-state index in [1.807, 2.05) is 0 Å². The summed E-state index contributed by atoms with van der Waals surface area (Å²) in [5.41, 5.74) is 0.929. The van der Waals surface area contributed by atoms with Gasteiger partial charge >= 0.3 is 5.97 Å². The molecule has 0 aliphatic heterocycles. The van der Waals surface area contributed by atoms with Gasteiger partial charge in [-0.2, -0.15) is 0 Å². The molecule has 1 atom stereocenters. The van der Waals surface area contributed by atoms with Gasteiger partial charge in [0.2, 0.25) is 11.8 Å². The van der Waals surface area contributed by atoms with Crippen LogP contribution in [0.15, 0.2) is 24.3 Å². The van der Waals surface area contributed by atoms with Crippen LogP contribution in [0.5, 0.6) is 0 Å². The van der Waals surface area contributed by atoms with Gasteiger partial charge < -0.3 is 26.4 Å². The summed E-state index contributed by atoms with van der Waals surface area (Å²) in [5, 5.41) is 20.1. The number of carboxylic acid groups (broad SMARTS) is 1. The quantitative estimate of drug-likeness (QED) is 0.218. The van der Waals surface area contributed by atoms with E-state index in [2.05, 4.69) is 21.3 Å². The molecule has 0 saturated heterocycles. The van der Waals surface area contributed by atoms with Crippen LogP contribution in [0.1, 0.15) is 81.0 Å². The SMILES string of the molecule is CNC(CCCCNC(=O)c1ccc(NC(=O)CCC(=O)O)cc1)C(=O)CCC(=O)NC1CCCC1. The number of aliphatic carboxylic acids is 1. The van der Waals surface area contributed by atoms with Gasteiger partial charge in [0, 0.05) is 43.1 Å². The number of carboxylic acids is 1. The van der Waals surface area contributed by atoms with E-state index in [0.717, 1.165) is 32.1 Å². The van der Waals surface area contributed by atoms with Gasteiger partial charge in [-0.1, -0.05) is 12.8 Å². The number of amides is 3. The van der Waals surface area contributed by atoms with E-state index in [-0.39, 0.29) is 55.4 Å². The highest BCUT2D eigenvalue weighted by atomic mass is 16.4. The maximum atomic E-state index is 12.5. The van der Waals surface area contributed by atoms with E-state index in [0.29, 0.717) is 30.6 Å². The van der Waals surface area contributed by atoms with Gasteiger partial charge in [0.1, 0.15) is 5.78 Å². The molecule has 36 heavy (non-hydrogen) atoms. The molecular weight excluding hydrogens is 464 g/mol. The zero-order valence-corrected chi connectivity index (χ0v) is 20.9. The summed E-state index contributed by atoms with van der Waals surface area (Å²) in [7, 11) is 1.74. The van der Waals surface area contributed by atoms with Crippen molar-refractivity contribution in [3.8, 4) is 0 Å². The predicted molar refractivity (Wildman–Crippen MR) is 136 cm³/mol. The van der Waals surface area contributed by atoms with E-state index < -0.39 is 11.9 Å². The van der Waals surface area contributed by atoms with E-state index in [4.69, 9.17) is 5.11 Å². The van der Waals surface area contributed by atoms with Crippen LogP contribution in [-0.2, 0) is 19.2 Å². The first-order chi connectivity index (χ1) is 17.3. The maximum absolute atomic E-state index is 12.5. The van der Waals surface area contributed by atoms with Crippen LogP contribution in [0.2, 0.25) is 0 Å². The van der Waals surface area contributed by atoms with Crippen LogP contribution in [-0.4, -0.2) is 60.3 Å². The normalized spacial score (nSPS) is 14.1.